The Balaban J connectivity index is 1.30. The second-order valence-corrected chi connectivity index (χ2v) is 14.4. The topological polar surface area (TPSA) is 9.72 Å². The molecule has 0 bridgehead atoms. The van der Waals surface area contributed by atoms with Crippen molar-refractivity contribution in [1.82, 2.24) is 14.7 Å². The highest BCUT2D eigenvalue weighted by Crippen LogP contribution is 2.54. The molecule has 0 amide bonds. The number of nitrogens with zero attached hydrogens (tertiary/aromatic N) is 3. The fourth-order valence-electron chi connectivity index (χ4n) is 9.25. The van der Waals surface area contributed by atoms with Gasteiger partial charge in [-0.1, -0.05) is 12.2 Å². The SMILES string of the molecule is FC(F)(F)C1=C(N2CCC(C3CC=C(N4CCC(C5C=C(N6CCCC6)C(=C(C(F)(F)F)C(F)(F)F)C5)C4)C3=C(C(F)(F)F)C(F)(F)F)C2)CCC1. The number of hydrogen-bond donors (Lipinski definition) is 0. The molecular weight excluding hydrogens is 735 g/mol. The Morgan fingerprint density at radius 2 is 1.13 bits per heavy atom. The van der Waals surface area contributed by atoms with Crippen LogP contribution in [-0.2, 0) is 0 Å². The second-order valence-electron chi connectivity index (χ2n) is 14.4. The van der Waals surface area contributed by atoms with Crippen molar-refractivity contribution in [2.45, 2.75) is 88.7 Å². The van der Waals surface area contributed by atoms with Gasteiger partial charge in [0.15, 0.2) is 0 Å². The molecule has 0 aromatic carbocycles. The third-order valence-corrected chi connectivity index (χ3v) is 11.4. The maximum atomic E-state index is 14.4. The van der Waals surface area contributed by atoms with Crippen LogP contribution in [0.5, 0.6) is 0 Å². The molecule has 3 saturated heterocycles. The Morgan fingerprint density at radius 3 is 1.71 bits per heavy atom. The van der Waals surface area contributed by atoms with Crippen molar-refractivity contribution in [3.05, 3.63) is 57.1 Å². The van der Waals surface area contributed by atoms with Gasteiger partial charge in [-0.25, -0.2) is 0 Å². The van der Waals surface area contributed by atoms with Gasteiger partial charge in [-0.2, -0.15) is 65.9 Å². The first-order valence-corrected chi connectivity index (χ1v) is 17.2. The van der Waals surface area contributed by atoms with Gasteiger partial charge in [0.25, 0.3) is 0 Å². The van der Waals surface area contributed by atoms with Crippen molar-refractivity contribution in [2.75, 3.05) is 39.3 Å². The molecule has 0 saturated carbocycles. The van der Waals surface area contributed by atoms with E-state index in [1.165, 1.54) is 26.9 Å². The lowest BCUT2D eigenvalue weighted by Crippen LogP contribution is -2.34. The van der Waals surface area contributed by atoms with E-state index in [0.29, 0.717) is 12.8 Å². The molecule has 0 aromatic rings. The lowest BCUT2D eigenvalue weighted by molar-refractivity contribution is -0.175. The number of alkyl halides is 15. The molecule has 4 unspecified atom stereocenters. The summed E-state index contributed by atoms with van der Waals surface area (Å²) in [6, 6.07) is 0. The largest absolute Gasteiger partial charge is 0.421 e. The molecule has 6 rings (SSSR count). The third-order valence-electron chi connectivity index (χ3n) is 11.4. The number of hydrogen-bond acceptors (Lipinski definition) is 3. The minimum atomic E-state index is -5.85. The summed E-state index contributed by atoms with van der Waals surface area (Å²) in [4.78, 5) is 4.16. The van der Waals surface area contributed by atoms with E-state index < -0.39 is 88.8 Å². The van der Waals surface area contributed by atoms with E-state index in [0.717, 1.165) is 0 Å². The van der Waals surface area contributed by atoms with Crippen molar-refractivity contribution < 1.29 is 65.9 Å². The van der Waals surface area contributed by atoms with Gasteiger partial charge in [0, 0.05) is 56.4 Å². The molecule has 3 nitrogen and oxygen atoms in total. The van der Waals surface area contributed by atoms with Crippen LogP contribution >= 0.6 is 0 Å². The maximum Gasteiger partial charge on any atom is 0.421 e. The molecule has 6 aliphatic rings. The van der Waals surface area contributed by atoms with Crippen LogP contribution in [0, 0.1) is 23.7 Å². The zero-order chi connectivity index (χ0) is 38.2. The van der Waals surface area contributed by atoms with Crippen molar-refractivity contribution in [1.29, 1.82) is 0 Å². The van der Waals surface area contributed by atoms with Gasteiger partial charge in [0.05, 0.1) is 5.57 Å². The van der Waals surface area contributed by atoms with Gasteiger partial charge in [-0.05, 0) is 92.6 Å². The van der Waals surface area contributed by atoms with E-state index in [1.807, 2.05) is 0 Å². The van der Waals surface area contributed by atoms with Gasteiger partial charge < -0.3 is 14.7 Å². The number of halogens is 15. The predicted molar refractivity (Wildman–Crippen MR) is 158 cm³/mol. The summed E-state index contributed by atoms with van der Waals surface area (Å²) in [5, 5.41) is 0. The Kier molecular flexibility index (Phi) is 10.00. The summed E-state index contributed by atoms with van der Waals surface area (Å²) < 4.78 is 210. The van der Waals surface area contributed by atoms with E-state index in [2.05, 4.69) is 0 Å². The Bertz CT molecular complexity index is 1510. The van der Waals surface area contributed by atoms with Crippen molar-refractivity contribution >= 4 is 0 Å². The Hall–Kier alpha value is -2.95. The van der Waals surface area contributed by atoms with Crippen LogP contribution in [0.25, 0.3) is 0 Å². The molecule has 0 radical (unpaired) electrons. The molecule has 18 heteroatoms. The van der Waals surface area contributed by atoms with Crippen molar-refractivity contribution in [2.24, 2.45) is 23.7 Å². The number of rotatable bonds is 5. The standard InChI is InChI=1S/C34H36F15N3/c35-30(36,37)23-4-3-5-24(23)51-13-9-19(17-51)21-6-7-25(27(21)29(33(44,45)46)34(47,48)49)52-12-8-18(16-52)20-14-22(26(15-20)50-10-1-2-11-50)28(31(38,39)40)32(41,42)43/h7,15,18-21H,1-6,8-14,16-17H2. The van der Waals surface area contributed by atoms with E-state index >= 15 is 0 Å². The van der Waals surface area contributed by atoms with E-state index in [1.54, 1.807) is 0 Å². The van der Waals surface area contributed by atoms with Gasteiger partial charge in [0.2, 0.25) is 0 Å². The minimum absolute atomic E-state index is 0.00602. The van der Waals surface area contributed by atoms with Crippen LogP contribution in [0.15, 0.2) is 57.1 Å². The quantitative estimate of drug-likeness (QED) is 0.258. The van der Waals surface area contributed by atoms with Crippen LogP contribution in [-0.4, -0.2) is 84.8 Å². The smallest absolute Gasteiger partial charge is 0.374 e. The summed E-state index contributed by atoms with van der Waals surface area (Å²) in [6.07, 6.45) is -24.8. The summed E-state index contributed by atoms with van der Waals surface area (Å²) >= 11 is 0. The maximum absolute atomic E-state index is 14.4. The van der Waals surface area contributed by atoms with Crippen LogP contribution in [0.4, 0.5) is 65.9 Å². The zero-order valence-electron chi connectivity index (χ0n) is 27.6. The summed E-state index contributed by atoms with van der Waals surface area (Å²) in [7, 11) is 0. The van der Waals surface area contributed by atoms with E-state index in [-0.39, 0.29) is 94.9 Å². The van der Waals surface area contributed by atoms with Crippen molar-refractivity contribution in [3.8, 4) is 0 Å². The minimum Gasteiger partial charge on any atom is -0.374 e. The fraction of sp³-hybridized carbons (Fsp3) is 0.706. The van der Waals surface area contributed by atoms with Gasteiger partial charge in [-0.15, -0.1) is 0 Å². The monoisotopic (exact) mass is 771 g/mol. The van der Waals surface area contributed by atoms with Gasteiger partial charge >= 0.3 is 30.9 Å². The predicted octanol–water partition coefficient (Wildman–Crippen LogP) is 10.4. The molecular formula is C34H36F15N3. The average Bonchev–Trinajstić information content (AvgIpc) is 3.80. The molecule has 52 heavy (non-hydrogen) atoms. The average molecular weight is 772 g/mol. The molecule has 3 aliphatic heterocycles. The summed E-state index contributed by atoms with van der Waals surface area (Å²) in [5.74, 6) is -3.76. The van der Waals surface area contributed by atoms with Gasteiger partial charge in [0.1, 0.15) is 11.1 Å². The highest BCUT2D eigenvalue weighted by atomic mass is 19.4. The Labute approximate surface area is 289 Å². The Morgan fingerprint density at radius 1 is 0.577 bits per heavy atom. The van der Waals surface area contributed by atoms with Crippen LogP contribution in [0.2, 0.25) is 0 Å². The van der Waals surface area contributed by atoms with E-state index in [9.17, 15) is 65.9 Å². The molecule has 3 fully saturated rings. The molecule has 4 atom stereocenters. The normalized spacial score (nSPS) is 28.2. The highest BCUT2D eigenvalue weighted by molar-refractivity contribution is 5.47. The first-order valence-electron chi connectivity index (χ1n) is 17.2. The lowest BCUT2D eigenvalue weighted by atomic mass is 9.83. The van der Waals surface area contributed by atoms with E-state index in [4.69, 9.17) is 0 Å². The number of allylic oxidation sites excluding steroid dienone is 8. The van der Waals surface area contributed by atoms with Crippen LogP contribution < -0.4 is 0 Å². The molecule has 0 spiro atoms. The van der Waals surface area contributed by atoms with Crippen LogP contribution in [0.3, 0.4) is 0 Å². The third kappa shape index (κ3) is 7.54. The highest BCUT2D eigenvalue weighted by Gasteiger charge is 2.57. The van der Waals surface area contributed by atoms with Gasteiger partial charge in [-0.3, -0.25) is 0 Å². The summed E-state index contributed by atoms with van der Waals surface area (Å²) in [6.45, 7) is 0.0162. The molecule has 0 N–H and O–H groups in total. The first kappa shape index (κ1) is 38.8. The second kappa shape index (κ2) is 13.4. The zero-order valence-corrected chi connectivity index (χ0v) is 27.6. The first-order chi connectivity index (χ1) is 24.0. The molecule has 3 heterocycles. The van der Waals surface area contributed by atoms with Crippen molar-refractivity contribution in [3.63, 3.8) is 0 Å². The number of likely N-dealkylation sites (tertiary alicyclic amines) is 3. The fourth-order valence-corrected chi connectivity index (χ4v) is 9.25. The lowest BCUT2D eigenvalue weighted by Gasteiger charge is -2.31. The van der Waals surface area contributed by atoms with Crippen LogP contribution in [0.1, 0.15) is 57.8 Å². The molecule has 3 aliphatic carbocycles. The molecule has 0 aromatic heterocycles. The molecule has 292 valence electrons. The summed E-state index contributed by atoms with van der Waals surface area (Å²) in [5.41, 5.74) is -8.55.